The van der Waals surface area contributed by atoms with Gasteiger partial charge in [-0.05, 0) is 93.5 Å². The van der Waals surface area contributed by atoms with Crippen molar-refractivity contribution in [3.05, 3.63) is 16.7 Å². The van der Waals surface area contributed by atoms with Gasteiger partial charge in [-0.15, -0.1) is 0 Å². The van der Waals surface area contributed by atoms with Crippen LogP contribution in [0.3, 0.4) is 0 Å². The van der Waals surface area contributed by atoms with Crippen molar-refractivity contribution in [3.8, 4) is 17.2 Å². The molecule has 2 fully saturated rings. The topological polar surface area (TPSA) is 78.9 Å². The number of benzene rings is 1. The fourth-order valence-corrected chi connectivity index (χ4v) is 11.8. The molecule has 0 aliphatic carbocycles. The molecule has 52 heavy (non-hydrogen) atoms. The number of fused-ring (bicyclic) bond motifs is 5. The number of methoxy groups -OCH3 is 1. The first-order valence-electron chi connectivity index (χ1n) is 20.5. The lowest BCUT2D eigenvalue weighted by Crippen LogP contribution is -2.53. The average Bonchev–Trinajstić information content (AvgIpc) is 3.50. The summed E-state index contributed by atoms with van der Waals surface area (Å²) in [6.07, 6.45) is 4.43. The van der Waals surface area contributed by atoms with E-state index in [-0.39, 0.29) is 64.5 Å². The van der Waals surface area contributed by atoms with Gasteiger partial charge in [-0.1, -0.05) is 76.2 Å². The van der Waals surface area contributed by atoms with Crippen LogP contribution in [-0.4, -0.2) is 65.0 Å². The molecule has 4 heterocycles. The Bertz CT molecular complexity index is 1460. The van der Waals surface area contributed by atoms with E-state index >= 15 is 0 Å². The van der Waals surface area contributed by atoms with E-state index in [0.717, 1.165) is 59.6 Å². The molecule has 298 valence electrons. The summed E-state index contributed by atoms with van der Waals surface area (Å²) in [5.41, 5.74) is 2.20. The standard InChI is InChI=1S/C43H76O7Si2/c1-25-21-27(3)43(24-44)23-31-33(38(50-52(17,18)41(10,11)12)37(45-14)30(6)35(31)47-43)36-29(5)34(49-51(15,16)40(7,8)9)28(4)32(46-36)20-19-26(2)39-42(13,22-25)48-39/h25-29,32,34,36,39,44H,19-24H2,1-18H3/t25-,26-,27-,28-,29+,32+,34-,36+,39?,42?,43?/m0/s1. The van der Waals surface area contributed by atoms with Gasteiger partial charge in [0.15, 0.2) is 19.8 Å². The molecular formula is C43H76O7Si2. The molecule has 2 saturated heterocycles. The van der Waals surface area contributed by atoms with Crippen LogP contribution >= 0.6 is 0 Å². The summed E-state index contributed by atoms with van der Waals surface area (Å²) in [5.74, 6) is 3.53. The Kier molecular flexibility index (Phi) is 11.4. The van der Waals surface area contributed by atoms with Gasteiger partial charge in [0.05, 0.1) is 43.7 Å². The molecular weight excluding hydrogens is 685 g/mol. The first kappa shape index (κ1) is 42.0. The lowest BCUT2D eigenvalue weighted by molar-refractivity contribution is -0.165. The highest BCUT2D eigenvalue weighted by molar-refractivity contribution is 6.75. The van der Waals surface area contributed by atoms with Gasteiger partial charge in [0.1, 0.15) is 11.4 Å². The van der Waals surface area contributed by atoms with E-state index in [0.29, 0.717) is 18.3 Å². The smallest absolute Gasteiger partial charge is 0.250 e. The second-order valence-electron chi connectivity index (χ2n) is 21.1. The summed E-state index contributed by atoms with van der Waals surface area (Å²) in [7, 11) is -2.78. The SMILES string of the molecule is COc1c(C)c2c3c(c1O[Si](C)(C)C(C)(C)C)[C@@H]1O[C@H](CC[C@H](C)C4OC4(C)C[C@@H](C)C[C@H](C)C(CO)(C3)O2)[C@H](C)[C@H](O[Si](C)(C)C(C)(C)C)[C@H]1C. The summed E-state index contributed by atoms with van der Waals surface area (Å²) in [6.45, 7) is 39.2. The van der Waals surface area contributed by atoms with Crippen molar-refractivity contribution in [1.82, 2.24) is 0 Å². The molecule has 0 amide bonds. The molecule has 4 aliphatic rings. The van der Waals surface area contributed by atoms with Crippen molar-refractivity contribution in [1.29, 1.82) is 0 Å². The Morgan fingerprint density at radius 1 is 0.885 bits per heavy atom. The summed E-state index contributed by atoms with van der Waals surface area (Å²) in [4.78, 5) is 0. The minimum Gasteiger partial charge on any atom is -0.541 e. The van der Waals surface area contributed by atoms with Crippen LogP contribution in [0.15, 0.2) is 0 Å². The molecule has 11 atom stereocenters. The lowest BCUT2D eigenvalue weighted by atomic mass is 9.74. The van der Waals surface area contributed by atoms with Crippen molar-refractivity contribution in [2.24, 2.45) is 29.6 Å². The highest BCUT2D eigenvalue weighted by Crippen LogP contribution is 2.59. The molecule has 0 saturated carbocycles. The zero-order valence-electron chi connectivity index (χ0n) is 36.3. The van der Waals surface area contributed by atoms with Crippen LogP contribution in [0.1, 0.15) is 132 Å². The Labute approximate surface area is 319 Å². The van der Waals surface area contributed by atoms with Gasteiger partial charge in [0.2, 0.25) is 0 Å². The third-order valence-electron chi connectivity index (χ3n) is 14.9. The monoisotopic (exact) mass is 761 g/mol. The molecule has 4 bridgehead atoms. The van der Waals surface area contributed by atoms with E-state index in [1.165, 1.54) is 0 Å². The van der Waals surface area contributed by atoms with E-state index < -0.39 is 22.2 Å². The molecule has 1 aromatic carbocycles. The first-order valence-corrected chi connectivity index (χ1v) is 26.3. The molecule has 0 radical (unpaired) electrons. The van der Waals surface area contributed by atoms with Gasteiger partial charge >= 0.3 is 0 Å². The van der Waals surface area contributed by atoms with E-state index in [4.69, 9.17) is 27.8 Å². The number of epoxide rings is 1. The highest BCUT2D eigenvalue weighted by Gasteiger charge is 2.57. The van der Waals surface area contributed by atoms with E-state index in [2.05, 4.69) is 116 Å². The maximum atomic E-state index is 11.3. The largest absolute Gasteiger partial charge is 0.541 e. The Morgan fingerprint density at radius 2 is 1.50 bits per heavy atom. The number of rotatable bonds is 6. The van der Waals surface area contributed by atoms with Gasteiger partial charge in [-0.3, -0.25) is 0 Å². The number of hydrogen-bond donors (Lipinski definition) is 1. The molecule has 7 nitrogen and oxygen atoms in total. The third-order valence-corrected chi connectivity index (χ3v) is 23.7. The van der Waals surface area contributed by atoms with E-state index in [1.807, 2.05) is 0 Å². The maximum Gasteiger partial charge on any atom is 0.250 e. The van der Waals surface area contributed by atoms with Crippen LogP contribution in [0.25, 0.3) is 0 Å². The fraction of sp³-hybridized carbons (Fsp3) is 0.860. The van der Waals surface area contributed by atoms with Crippen LogP contribution in [0.4, 0.5) is 0 Å². The van der Waals surface area contributed by atoms with Crippen molar-refractivity contribution in [3.63, 3.8) is 0 Å². The second-order valence-corrected chi connectivity index (χ2v) is 30.6. The van der Waals surface area contributed by atoms with E-state index in [1.54, 1.807) is 7.11 Å². The van der Waals surface area contributed by atoms with Crippen molar-refractivity contribution >= 4 is 16.6 Å². The van der Waals surface area contributed by atoms with Crippen LogP contribution in [0.2, 0.25) is 36.3 Å². The van der Waals surface area contributed by atoms with Gasteiger partial charge in [-0.25, -0.2) is 0 Å². The summed E-state index contributed by atoms with van der Waals surface area (Å²) in [5, 5.41) is 11.4. The quantitative estimate of drug-likeness (QED) is 0.228. The number of aliphatic hydroxyl groups excluding tert-OH is 1. The van der Waals surface area contributed by atoms with Crippen LogP contribution in [0.5, 0.6) is 17.2 Å². The average molecular weight is 761 g/mol. The zero-order valence-corrected chi connectivity index (χ0v) is 38.3. The zero-order chi connectivity index (χ0) is 39.1. The maximum absolute atomic E-state index is 11.3. The second kappa shape index (κ2) is 14.1. The minimum atomic E-state index is -2.37. The van der Waals surface area contributed by atoms with Gasteiger partial charge in [0, 0.05) is 34.9 Å². The number of aliphatic hydroxyl groups is 1. The Balaban J connectivity index is 1.77. The lowest BCUT2D eigenvalue weighted by Gasteiger charge is -2.50. The van der Waals surface area contributed by atoms with Gasteiger partial charge in [-0.2, -0.15) is 0 Å². The normalized spacial score (nSPS) is 37.2. The number of ether oxygens (including phenoxy) is 4. The molecule has 3 unspecified atom stereocenters. The first-order chi connectivity index (χ1) is 23.7. The van der Waals surface area contributed by atoms with Crippen molar-refractivity contribution in [2.45, 2.75) is 194 Å². The molecule has 9 heteroatoms. The molecule has 4 aliphatic heterocycles. The summed E-state index contributed by atoms with van der Waals surface area (Å²) in [6, 6.07) is 0. The van der Waals surface area contributed by atoms with Crippen LogP contribution in [0, 0.1) is 36.5 Å². The van der Waals surface area contributed by atoms with Crippen LogP contribution in [-0.2, 0) is 20.3 Å². The molecule has 1 aromatic rings. The Morgan fingerprint density at radius 3 is 2.06 bits per heavy atom. The minimum absolute atomic E-state index is 0.00497. The predicted molar refractivity (Wildman–Crippen MR) is 217 cm³/mol. The Hall–Kier alpha value is -1.11. The van der Waals surface area contributed by atoms with Gasteiger partial charge < -0.3 is 32.9 Å². The predicted octanol–water partition coefficient (Wildman–Crippen LogP) is 10.8. The molecule has 5 rings (SSSR count). The summed E-state index contributed by atoms with van der Waals surface area (Å²) >= 11 is 0. The van der Waals surface area contributed by atoms with Crippen molar-refractivity contribution < 1.29 is 32.9 Å². The summed E-state index contributed by atoms with van der Waals surface area (Å²) < 4.78 is 42.4. The van der Waals surface area contributed by atoms with Crippen LogP contribution < -0.4 is 13.9 Å². The highest BCUT2D eigenvalue weighted by atomic mass is 28.4. The molecule has 0 spiro atoms. The number of hydrogen-bond acceptors (Lipinski definition) is 7. The third kappa shape index (κ3) is 7.43. The molecule has 1 N–H and O–H groups in total. The van der Waals surface area contributed by atoms with Crippen molar-refractivity contribution in [2.75, 3.05) is 13.7 Å². The van der Waals surface area contributed by atoms with E-state index in [9.17, 15) is 5.11 Å². The fourth-order valence-electron chi connectivity index (χ4n) is 9.31. The van der Waals surface area contributed by atoms with Gasteiger partial charge in [0.25, 0.3) is 8.32 Å². The molecule has 0 aromatic heterocycles.